The maximum absolute atomic E-state index is 11.2. The van der Waals surface area contributed by atoms with Crippen LogP contribution in [0.25, 0.3) is 10.9 Å². The average Bonchev–Trinajstić information content (AvgIpc) is 2.18. The van der Waals surface area contributed by atoms with E-state index in [4.69, 9.17) is 0 Å². The second kappa shape index (κ2) is 4.05. The molecule has 5 nitrogen and oxygen atoms in total. The van der Waals surface area contributed by atoms with E-state index in [0.717, 1.165) is 4.47 Å². The summed E-state index contributed by atoms with van der Waals surface area (Å²) in [6.45, 7) is 1.37. The first-order valence-corrected chi connectivity index (χ1v) is 5.33. The molecule has 2 rings (SSSR count). The Labute approximate surface area is 99.0 Å². The molecule has 0 saturated carbocycles. The molecule has 1 aromatic heterocycles. The summed E-state index contributed by atoms with van der Waals surface area (Å²) < 4.78 is 0.848. The number of amides is 1. The lowest BCUT2D eigenvalue weighted by Gasteiger charge is -2.05. The van der Waals surface area contributed by atoms with Gasteiger partial charge in [0.25, 0.3) is 0 Å². The monoisotopic (exact) mass is 281 g/mol. The quantitative estimate of drug-likeness (QED) is 0.835. The molecule has 0 saturated heterocycles. The number of halogens is 1. The van der Waals surface area contributed by atoms with Crippen molar-refractivity contribution in [3.63, 3.8) is 0 Å². The summed E-state index contributed by atoms with van der Waals surface area (Å²) in [6.07, 6.45) is 0. The van der Waals surface area contributed by atoms with Crippen molar-refractivity contribution in [2.24, 2.45) is 0 Å². The highest BCUT2D eigenvalue weighted by Crippen LogP contribution is 2.22. The van der Waals surface area contributed by atoms with Crippen molar-refractivity contribution >= 4 is 38.6 Å². The van der Waals surface area contributed by atoms with Crippen LogP contribution in [0.3, 0.4) is 0 Å². The van der Waals surface area contributed by atoms with Crippen LogP contribution in [0.15, 0.2) is 27.5 Å². The first-order valence-electron chi connectivity index (χ1n) is 4.53. The van der Waals surface area contributed by atoms with E-state index in [1.54, 1.807) is 18.2 Å². The summed E-state index contributed by atoms with van der Waals surface area (Å²) in [7, 11) is 0. The van der Waals surface area contributed by atoms with Crippen LogP contribution in [-0.4, -0.2) is 15.9 Å². The third kappa shape index (κ3) is 2.11. The zero-order chi connectivity index (χ0) is 11.7. The smallest absolute Gasteiger partial charge is 0.310 e. The van der Waals surface area contributed by atoms with E-state index in [2.05, 4.69) is 31.2 Å². The molecule has 1 amide bonds. The lowest BCUT2D eigenvalue weighted by atomic mass is 10.2. The van der Waals surface area contributed by atoms with Crippen molar-refractivity contribution in [1.82, 2.24) is 9.97 Å². The SMILES string of the molecule is CC(=O)Nc1nc(=O)[nH]c2ccc(Br)cc12. The fraction of sp³-hybridized carbons (Fsp3) is 0.100. The predicted molar refractivity (Wildman–Crippen MR) is 64.4 cm³/mol. The van der Waals surface area contributed by atoms with E-state index >= 15 is 0 Å². The topological polar surface area (TPSA) is 74.8 Å². The van der Waals surface area contributed by atoms with Crippen molar-refractivity contribution in [2.75, 3.05) is 5.32 Å². The highest BCUT2D eigenvalue weighted by atomic mass is 79.9. The summed E-state index contributed by atoms with van der Waals surface area (Å²) in [5, 5.41) is 3.21. The van der Waals surface area contributed by atoms with Crippen LogP contribution < -0.4 is 11.0 Å². The number of aromatic nitrogens is 2. The maximum Gasteiger partial charge on any atom is 0.347 e. The molecule has 0 spiro atoms. The predicted octanol–water partition coefficient (Wildman–Crippen LogP) is 1.64. The molecule has 16 heavy (non-hydrogen) atoms. The van der Waals surface area contributed by atoms with E-state index in [-0.39, 0.29) is 11.7 Å². The van der Waals surface area contributed by atoms with Crippen molar-refractivity contribution in [3.8, 4) is 0 Å². The second-order valence-electron chi connectivity index (χ2n) is 3.26. The molecular weight excluding hydrogens is 274 g/mol. The number of fused-ring (bicyclic) bond motifs is 1. The molecule has 6 heteroatoms. The van der Waals surface area contributed by atoms with Crippen LogP contribution >= 0.6 is 15.9 Å². The number of rotatable bonds is 1. The Hall–Kier alpha value is -1.69. The van der Waals surface area contributed by atoms with Gasteiger partial charge in [0.1, 0.15) is 5.82 Å². The minimum absolute atomic E-state index is 0.264. The van der Waals surface area contributed by atoms with Crippen LogP contribution in [0.2, 0.25) is 0 Å². The number of carbonyl (C=O) groups is 1. The van der Waals surface area contributed by atoms with Gasteiger partial charge >= 0.3 is 5.69 Å². The van der Waals surface area contributed by atoms with Gasteiger partial charge in [0.05, 0.1) is 5.52 Å². The molecule has 0 aliphatic rings. The molecule has 2 N–H and O–H groups in total. The molecule has 2 aromatic rings. The third-order valence-electron chi connectivity index (χ3n) is 1.99. The van der Waals surface area contributed by atoms with Gasteiger partial charge in [-0.2, -0.15) is 4.98 Å². The number of hydrogen-bond donors (Lipinski definition) is 2. The van der Waals surface area contributed by atoms with Crippen LogP contribution in [0.5, 0.6) is 0 Å². The fourth-order valence-electron chi connectivity index (χ4n) is 1.39. The number of nitrogens with zero attached hydrogens (tertiary/aromatic N) is 1. The standard InChI is InChI=1S/C10H8BrN3O2/c1-5(15)12-9-7-4-6(11)2-3-8(7)13-10(16)14-9/h2-4H,1H3,(H2,12,13,14,15,16). The van der Waals surface area contributed by atoms with Gasteiger partial charge in [-0.05, 0) is 18.2 Å². The lowest BCUT2D eigenvalue weighted by Crippen LogP contribution is -2.16. The molecule has 0 bridgehead atoms. The molecule has 0 aliphatic carbocycles. The Morgan fingerprint density at radius 3 is 2.94 bits per heavy atom. The zero-order valence-electron chi connectivity index (χ0n) is 8.37. The van der Waals surface area contributed by atoms with E-state index in [9.17, 15) is 9.59 Å². The van der Waals surface area contributed by atoms with Gasteiger partial charge in [-0.15, -0.1) is 0 Å². The molecule has 82 valence electrons. The third-order valence-corrected chi connectivity index (χ3v) is 2.48. The van der Waals surface area contributed by atoms with Crippen molar-refractivity contribution in [3.05, 3.63) is 33.2 Å². The number of aromatic amines is 1. The van der Waals surface area contributed by atoms with Gasteiger partial charge < -0.3 is 10.3 Å². The van der Waals surface area contributed by atoms with E-state index in [1.165, 1.54) is 6.92 Å². The Bertz CT molecular complexity index is 621. The number of anilines is 1. The number of H-pyrrole nitrogens is 1. The van der Waals surface area contributed by atoms with Crippen LogP contribution in [0, 0.1) is 0 Å². The summed E-state index contributed by atoms with van der Waals surface area (Å²) in [5.74, 6) is 0.00641. The number of nitrogens with one attached hydrogen (secondary N) is 2. The van der Waals surface area contributed by atoms with Crippen molar-refractivity contribution < 1.29 is 4.79 Å². The summed E-state index contributed by atoms with van der Waals surface area (Å²) in [6, 6.07) is 5.33. The Morgan fingerprint density at radius 1 is 1.50 bits per heavy atom. The van der Waals surface area contributed by atoms with E-state index in [1.807, 2.05) is 0 Å². The minimum Gasteiger partial charge on any atom is -0.310 e. The fourth-order valence-corrected chi connectivity index (χ4v) is 1.75. The van der Waals surface area contributed by atoms with E-state index < -0.39 is 5.69 Å². The molecular formula is C10H8BrN3O2. The molecule has 0 aliphatic heterocycles. The minimum atomic E-state index is -0.487. The Morgan fingerprint density at radius 2 is 2.25 bits per heavy atom. The summed E-state index contributed by atoms with van der Waals surface area (Å²) >= 11 is 3.32. The molecule has 0 radical (unpaired) electrons. The zero-order valence-corrected chi connectivity index (χ0v) is 9.96. The summed E-state index contributed by atoms with van der Waals surface area (Å²) in [5.41, 5.74) is 0.144. The highest BCUT2D eigenvalue weighted by molar-refractivity contribution is 9.10. The number of benzene rings is 1. The van der Waals surface area contributed by atoms with Gasteiger partial charge in [0, 0.05) is 16.8 Å². The molecule has 1 aromatic carbocycles. The second-order valence-corrected chi connectivity index (χ2v) is 4.18. The van der Waals surface area contributed by atoms with Crippen molar-refractivity contribution in [2.45, 2.75) is 6.92 Å². The highest BCUT2D eigenvalue weighted by Gasteiger charge is 2.06. The van der Waals surface area contributed by atoms with Gasteiger partial charge in [0.2, 0.25) is 5.91 Å². The maximum atomic E-state index is 11.2. The first kappa shape index (κ1) is 10.8. The lowest BCUT2D eigenvalue weighted by molar-refractivity contribution is -0.114. The van der Waals surface area contributed by atoms with Gasteiger partial charge in [-0.3, -0.25) is 4.79 Å². The largest absolute Gasteiger partial charge is 0.347 e. The molecule has 0 unspecified atom stereocenters. The van der Waals surface area contributed by atoms with Gasteiger partial charge in [-0.25, -0.2) is 4.79 Å². The van der Waals surface area contributed by atoms with Crippen LogP contribution in [-0.2, 0) is 4.79 Å². The number of hydrogen-bond acceptors (Lipinski definition) is 3. The number of carbonyl (C=O) groups excluding carboxylic acids is 1. The van der Waals surface area contributed by atoms with Gasteiger partial charge in [-0.1, -0.05) is 15.9 Å². The van der Waals surface area contributed by atoms with Crippen LogP contribution in [0.4, 0.5) is 5.82 Å². The normalized spacial score (nSPS) is 10.4. The van der Waals surface area contributed by atoms with Crippen LogP contribution in [0.1, 0.15) is 6.92 Å². The van der Waals surface area contributed by atoms with Gasteiger partial charge in [0.15, 0.2) is 0 Å². The molecule has 0 fully saturated rings. The molecule has 1 heterocycles. The molecule has 0 atom stereocenters. The first-order chi connectivity index (χ1) is 7.56. The average molecular weight is 282 g/mol. The Kier molecular flexibility index (Phi) is 2.74. The van der Waals surface area contributed by atoms with Crippen molar-refractivity contribution in [1.29, 1.82) is 0 Å². The Balaban J connectivity index is 2.74. The van der Waals surface area contributed by atoms with E-state index in [0.29, 0.717) is 10.9 Å². The summed E-state index contributed by atoms with van der Waals surface area (Å²) in [4.78, 5) is 28.5.